The third-order valence-electron chi connectivity index (χ3n) is 3.91. The maximum absolute atomic E-state index is 13.0. The third kappa shape index (κ3) is 2.99. The molecule has 3 heterocycles. The van der Waals surface area contributed by atoms with Gasteiger partial charge in [0.1, 0.15) is 5.82 Å². The highest BCUT2D eigenvalue weighted by atomic mass is 35.5. The number of aromatic nitrogens is 1. The molecule has 0 saturated carbocycles. The molecular weight excluding hydrogens is 253 g/mol. The summed E-state index contributed by atoms with van der Waals surface area (Å²) in [6.45, 7) is 4.22. The van der Waals surface area contributed by atoms with Gasteiger partial charge in [-0.15, -0.1) is 12.4 Å². The molecule has 1 aromatic rings. The largest absolute Gasteiger partial charge is 0.314 e. The Morgan fingerprint density at radius 1 is 1.39 bits per heavy atom. The van der Waals surface area contributed by atoms with Crippen LogP contribution in [0.4, 0.5) is 4.39 Å². The molecule has 18 heavy (non-hydrogen) atoms. The Kier molecular flexibility index (Phi) is 4.54. The number of hydrogen-bond acceptors (Lipinski definition) is 3. The summed E-state index contributed by atoms with van der Waals surface area (Å²) in [6.07, 6.45) is 5.52. The fraction of sp³-hybridized carbons (Fsp3) is 0.615. The minimum Gasteiger partial charge on any atom is -0.314 e. The van der Waals surface area contributed by atoms with Gasteiger partial charge >= 0.3 is 0 Å². The van der Waals surface area contributed by atoms with Crippen LogP contribution in [0.25, 0.3) is 0 Å². The smallest absolute Gasteiger partial charge is 0.141 e. The van der Waals surface area contributed by atoms with Crippen LogP contribution in [0.1, 0.15) is 18.4 Å². The zero-order valence-electron chi connectivity index (χ0n) is 10.3. The van der Waals surface area contributed by atoms with Crippen LogP contribution in [0.3, 0.4) is 0 Å². The van der Waals surface area contributed by atoms with Gasteiger partial charge in [-0.25, -0.2) is 4.39 Å². The minimum atomic E-state index is -0.236. The second-order valence-electron chi connectivity index (χ2n) is 5.14. The number of nitrogens with one attached hydrogen (secondary N) is 1. The number of likely N-dealkylation sites (tertiary alicyclic amines) is 1. The van der Waals surface area contributed by atoms with Crippen molar-refractivity contribution in [2.45, 2.75) is 25.4 Å². The molecule has 2 saturated heterocycles. The van der Waals surface area contributed by atoms with Crippen LogP contribution in [0.2, 0.25) is 0 Å². The molecule has 2 unspecified atom stereocenters. The SMILES string of the molecule is Cl.Fc1cncc(CN2CCC3NCCC3C2)c1. The summed E-state index contributed by atoms with van der Waals surface area (Å²) in [5.74, 6) is 0.546. The van der Waals surface area contributed by atoms with E-state index in [-0.39, 0.29) is 18.2 Å². The number of halogens is 2. The van der Waals surface area contributed by atoms with Crippen LogP contribution >= 0.6 is 12.4 Å². The predicted molar refractivity (Wildman–Crippen MR) is 71.2 cm³/mol. The zero-order chi connectivity index (χ0) is 11.7. The van der Waals surface area contributed by atoms with E-state index in [1.165, 1.54) is 19.0 Å². The van der Waals surface area contributed by atoms with Crippen molar-refractivity contribution in [3.63, 3.8) is 0 Å². The third-order valence-corrected chi connectivity index (χ3v) is 3.91. The Morgan fingerprint density at radius 2 is 2.28 bits per heavy atom. The fourth-order valence-electron chi connectivity index (χ4n) is 3.07. The van der Waals surface area contributed by atoms with Crippen molar-refractivity contribution in [2.75, 3.05) is 19.6 Å². The summed E-state index contributed by atoms with van der Waals surface area (Å²) in [4.78, 5) is 6.32. The van der Waals surface area contributed by atoms with Crippen LogP contribution in [0.15, 0.2) is 18.5 Å². The lowest BCUT2D eigenvalue weighted by Crippen LogP contribution is -2.43. The maximum atomic E-state index is 13.0. The van der Waals surface area contributed by atoms with Crippen LogP contribution < -0.4 is 5.32 Å². The molecule has 1 aromatic heterocycles. The van der Waals surface area contributed by atoms with E-state index in [1.54, 1.807) is 12.3 Å². The fourth-order valence-corrected chi connectivity index (χ4v) is 3.07. The van der Waals surface area contributed by atoms with E-state index >= 15 is 0 Å². The van der Waals surface area contributed by atoms with Crippen LogP contribution in [0.5, 0.6) is 0 Å². The highest BCUT2D eigenvalue weighted by molar-refractivity contribution is 5.85. The van der Waals surface area contributed by atoms with Gasteiger partial charge < -0.3 is 5.32 Å². The molecule has 2 fully saturated rings. The van der Waals surface area contributed by atoms with E-state index < -0.39 is 0 Å². The van der Waals surface area contributed by atoms with Gasteiger partial charge in [0.15, 0.2) is 0 Å². The van der Waals surface area contributed by atoms with Gasteiger partial charge in [0.05, 0.1) is 6.20 Å². The molecule has 2 aliphatic heterocycles. The van der Waals surface area contributed by atoms with E-state index in [9.17, 15) is 4.39 Å². The van der Waals surface area contributed by atoms with Gasteiger partial charge in [-0.1, -0.05) is 0 Å². The first-order chi connectivity index (χ1) is 8.31. The van der Waals surface area contributed by atoms with Gasteiger partial charge in [0.25, 0.3) is 0 Å². The number of piperidine rings is 1. The lowest BCUT2D eigenvalue weighted by atomic mass is 9.93. The number of rotatable bonds is 2. The van der Waals surface area contributed by atoms with Crippen molar-refractivity contribution >= 4 is 12.4 Å². The molecule has 0 bridgehead atoms. The number of fused-ring (bicyclic) bond motifs is 1. The summed E-state index contributed by atoms with van der Waals surface area (Å²) in [7, 11) is 0. The van der Waals surface area contributed by atoms with Crippen molar-refractivity contribution in [1.29, 1.82) is 0 Å². The minimum absolute atomic E-state index is 0. The summed E-state index contributed by atoms with van der Waals surface area (Å²) < 4.78 is 13.0. The Bertz CT molecular complexity index is 402. The van der Waals surface area contributed by atoms with Crippen LogP contribution in [-0.2, 0) is 6.54 Å². The molecular formula is C13H19ClFN3. The van der Waals surface area contributed by atoms with Gasteiger partial charge in [0.2, 0.25) is 0 Å². The predicted octanol–water partition coefficient (Wildman–Crippen LogP) is 1.83. The van der Waals surface area contributed by atoms with E-state index in [0.717, 1.165) is 43.7 Å². The molecule has 2 aliphatic rings. The quantitative estimate of drug-likeness (QED) is 0.890. The molecule has 2 atom stereocenters. The number of hydrogen-bond donors (Lipinski definition) is 1. The average Bonchev–Trinajstić information content (AvgIpc) is 2.76. The van der Waals surface area contributed by atoms with Gasteiger partial charge in [-0.3, -0.25) is 9.88 Å². The Morgan fingerprint density at radius 3 is 3.11 bits per heavy atom. The second-order valence-corrected chi connectivity index (χ2v) is 5.14. The molecule has 1 N–H and O–H groups in total. The topological polar surface area (TPSA) is 28.2 Å². The van der Waals surface area contributed by atoms with Crippen molar-refractivity contribution in [1.82, 2.24) is 15.2 Å². The zero-order valence-corrected chi connectivity index (χ0v) is 11.1. The second kappa shape index (κ2) is 5.95. The summed E-state index contributed by atoms with van der Waals surface area (Å²) in [6, 6.07) is 2.31. The van der Waals surface area contributed by atoms with E-state index in [0.29, 0.717) is 0 Å². The maximum Gasteiger partial charge on any atom is 0.141 e. The molecule has 0 amide bonds. The van der Waals surface area contributed by atoms with Crippen molar-refractivity contribution in [2.24, 2.45) is 5.92 Å². The molecule has 0 aliphatic carbocycles. The first-order valence-electron chi connectivity index (χ1n) is 6.36. The molecule has 3 rings (SSSR count). The van der Waals surface area contributed by atoms with Crippen molar-refractivity contribution in [3.05, 3.63) is 29.8 Å². The highest BCUT2D eigenvalue weighted by Crippen LogP contribution is 2.25. The molecule has 0 radical (unpaired) electrons. The average molecular weight is 272 g/mol. The van der Waals surface area contributed by atoms with Gasteiger partial charge in [0, 0.05) is 25.3 Å². The van der Waals surface area contributed by atoms with Crippen LogP contribution in [0, 0.1) is 11.7 Å². The normalized spacial score (nSPS) is 27.6. The lowest BCUT2D eigenvalue weighted by Gasteiger charge is -2.34. The number of pyridine rings is 1. The molecule has 0 spiro atoms. The van der Waals surface area contributed by atoms with E-state index in [2.05, 4.69) is 15.2 Å². The van der Waals surface area contributed by atoms with E-state index in [1.807, 2.05) is 0 Å². The highest BCUT2D eigenvalue weighted by Gasteiger charge is 2.32. The van der Waals surface area contributed by atoms with Crippen molar-refractivity contribution in [3.8, 4) is 0 Å². The summed E-state index contributed by atoms with van der Waals surface area (Å²) >= 11 is 0. The van der Waals surface area contributed by atoms with Crippen molar-refractivity contribution < 1.29 is 4.39 Å². The van der Waals surface area contributed by atoms with E-state index in [4.69, 9.17) is 0 Å². The Labute approximate surface area is 113 Å². The summed E-state index contributed by atoms with van der Waals surface area (Å²) in [5.41, 5.74) is 0.981. The van der Waals surface area contributed by atoms with Crippen LogP contribution in [-0.4, -0.2) is 35.6 Å². The number of nitrogens with zero attached hydrogens (tertiary/aromatic N) is 2. The Hall–Kier alpha value is -0.710. The molecule has 5 heteroatoms. The Balaban J connectivity index is 0.00000120. The van der Waals surface area contributed by atoms with Gasteiger partial charge in [-0.05, 0) is 43.5 Å². The molecule has 0 aromatic carbocycles. The first kappa shape index (κ1) is 13.7. The lowest BCUT2D eigenvalue weighted by molar-refractivity contribution is 0.155. The monoisotopic (exact) mass is 271 g/mol. The molecule has 100 valence electrons. The first-order valence-corrected chi connectivity index (χ1v) is 6.36. The van der Waals surface area contributed by atoms with Gasteiger partial charge in [-0.2, -0.15) is 0 Å². The standard InChI is InChI=1S/C13H18FN3.ClH/c14-12-5-10(6-15-7-12)8-17-4-2-13-11(9-17)1-3-16-13;/h5-7,11,13,16H,1-4,8-9H2;1H. The summed E-state index contributed by atoms with van der Waals surface area (Å²) in [5, 5.41) is 3.55. The molecule has 3 nitrogen and oxygen atoms in total.